The molecule has 5 nitrogen and oxygen atoms in total. The van der Waals surface area contributed by atoms with E-state index < -0.39 is 0 Å². The van der Waals surface area contributed by atoms with Gasteiger partial charge in [-0.2, -0.15) is 0 Å². The van der Waals surface area contributed by atoms with Gasteiger partial charge in [0.2, 0.25) is 5.91 Å². The summed E-state index contributed by atoms with van der Waals surface area (Å²) in [6.45, 7) is 3.29. The van der Waals surface area contributed by atoms with Crippen LogP contribution in [0.15, 0.2) is 42.5 Å². The summed E-state index contributed by atoms with van der Waals surface area (Å²) in [5, 5.41) is 9.08. The predicted octanol–water partition coefficient (Wildman–Crippen LogP) is 4.83. The van der Waals surface area contributed by atoms with Gasteiger partial charge in [0, 0.05) is 28.3 Å². The first kappa shape index (κ1) is 18.1. The van der Waals surface area contributed by atoms with Crippen LogP contribution in [-0.4, -0.2) is 11.9 Å². The Morgan fingerprint density at radius 3 is 2.25 bits per heavy atom. The lowest BCUT2D eigenvalue weighted by molar-refractivity contribution is -0.114. The van der Waals surface area contributed by atoms with E-state index in [2.05, 4.69) is 16.0 Å². The normalized spacial score (nSPS) is 11.5. The molecule has 1 unspecified atom stereocenters. The van der Waals surface area contributed by atoms with E-state index in [1.807, 2.05) is 25.1 Å². The van der Waals surface area contributed by atoms with Gasteiger partial charge in [-0.15, -0.1) is 0 Å². The highest BCUT2D eigenvalue weighted by molar-refractivity contribution is 6.35. The van der Waals surface area contributed by atoms with Gasteiger partial charge in [-0.25, -0.2) is 4.79 Å². The summed E-state index contributed by atoms with van der Waals surface area (Å²) in [4.78, 5) is 23.2. The molecule has 0 aromatic heterocycles. The van der Waals surface area contributed by atoms with Crippen molar-refractivity contribution in [2.24, 2.45) is 0 Å². The van der Waals surface area contributed by atoms with E-state index in [4.69, 9.17) is 23.2 Å². The smallest absolute Gasteiger partial charge is 0.319 e. The van der Waals surface area contributed by atoms with Gasteiger partial charge in [-0.1, -0.05) is 35.3 Å². The minimum atomic E-state index is -0.384. The molecular weight excluding hydrogens is 349 g/mol. The van der Waals surface area contributed by atoms with Crippen molar-refractivity contribution in [1.82, 2.24) is 5.32 Å². The Labute approximate surface area is 150 Å². The number of urea groups is 1. The van der Waals surface area contributed by atoms with E-state index in [1.165, 1.54) is 6.92 Å². The van der Waals surface area contributed by atoms with Gasteiger partial charge in [0.25, 0.3) is 0 Å². The molecule has 0 fully saturated rings. The molecule has 0 saturated carbocycles. The second-order valence-electron chi connectivity index (χ2n) is 5.28. The summed E-state index contributed by atoms with van der Waals surface area (Å²) in [7, 11) is 0. The molecule has 2 rings (SSSR count). The second kappa shape index (κ2) is 8.04. The van der Waals surface area contributed by atoms with Gasteiger partial charge in [-0.3, -0.25) is 4.79 Å². The first-order valence-electron chi connectivity index (χ1n) is 7.24. The van der Waals surface area contributed by atoms with Crippen molar-refractivity contribution < 1.29 is 9.59 Å². The zero-order valence-corrected chi connectivity index (χ0v) is 14.7. The Bertz CT molecular complexity index is 745. The molecule has 0 radical (unpaired) electrons. The summed E-state index contributed by atoms with van der Waals surface area (Å²) in [6, 6.07) is 11.4. The van der Waals surface area contributed by atoms with Crippen LogP contribution in [0.5, 0.6) is 0 Å². The lowest BCUT2D eigenvalue weighted by atomic mass is 10.1. The van der Waals surface area contributed by atoms with E-state index in [0.717, 1.165) is 5.56 Å². The van der Waals surface area contributed by atoms with Crippen molar-refractivity contribution in [1.29, 1.82) is 0 Å². The van der Waals surface area contributed by atoms with Crippen LogP contribution >= 0.6 is 23.2 Å². The number of hydrogen-bond acceptors (Lipinski definition) is 2. The summed E-state index contributed by atoms with van der Waals surface area (Å²) in [5.41, 5.74) is 2.04. The van der Waals surface area contributed by atoms with Crippen molar-refractivity contribution >= 4 is 46.5 Å². The lowest BCUT2D eigenvalue weighted by Gasteiger charge is -2.16. The molecule has 24 heavy (non-hydrogen) atoms. The van der Waals surface area contributed by atoms with Gasteiger partial charge in [0.05, 0.1) is 6.04 Å². The molecule has 0 saturated heterocycles. The molecular formula is C17H17Cl2N3O2. The summed E-state index contributed by atoms with van der Waals surface area (Å²) in [6.07, 6.45) is 0. The van der Waals surface area contributed by atoms with Gasteiger partial charge < -0.3 is 16.0 Å². The molecule has 0 aliphatic carbocycles. The van der Waals surface area contributed by atoms with Crippen LogP contribution in [0.3, 0.4) is 0 Å². The Hall–Kier alpha value is -2.24. The lowest BCUT2D eigenvalue weighted by Crippen LogP contribution is -2.31. The zero-order valence-electron chi connectivity index (χ0n) is 13.2. The van der Waals surface area contributed by atoms with E-state index in [0.29, 0.717) is 21.4 Å². The molecule has 3 amide bonds. The van der Waals surface area contributed by atoms with E-state index in [-0.39, 0.29) is 18.0 Å². The fourth-order valence-electron chi connectivity index (χ4n) is 2.16. The van der Waals surface area contributed by atoms with Gasteiger partial charge in [0.15, 0.2) is 0 Å². The van der Waals surface area contributed by atoms with Crippen molar-refractivity contribution in [3.63, 3.8) is 0 Å². The minimum absolute atomic E-state index is 0.150. The maximum Gasteiger partial charge on any atom is 0.319 e. The van der Waals surface area contributed by atoms with Crippen LogP contribution in [0.2, 0.25) is 10.0 Å². The number of halogens is 2. The van der Waals surface area contributed by atoms with Gasteiger partial charge in [0.1, 0.15) is 0 Å². The summed E-state index contributed by atoms with van der Waals surface area (Å²) >= 11 is 11.8. The van der Waals surface area contributed by atoms with Gasteiger partial charge >= 0.3 is 6.03 Å². The third-order valence-corrected chi connectivity index (χ3v) is 3.61. The van der Waals surface area contributed by atoms with Crippen LogP contribution in [0.1, 0.15) is 25.5 Å². The number of amides is 3. The van der Waals surface area contributed by atoms with Crippen LogP contribution in [0.25, 0.3) is 0 Å². The highest BCUT2D eigenvalue weighted by Gasteiger charge is 2.11. The van der Waals surface area contributed by atoms with E-state index in [1.54, 1.807) is 24.3 Å². The van der Waals surface area contributed by atoms with Crippen LogP contribution < -0.4 is 16.0 Å². The van der Waals surface area contributed by atoms with E-state index in [9.17, 15) is 9.59 Å². The van der Waals surface area contributed by atoms with Crippen molar-refractivity contribution in [2.75, 3.05) is 10.6 Å². The van der Waals surface area contributed by atoms with Crippen LogP contribution in [0, 0.1) is 0 Å². The maximum absolute atomic E-state index is 12.1. The Balaban J connectivity index is 2.02. The second-order valence-corrected chi connectivity index (χ2v) is 6.16. The number of carbonyl (C=O) groups is 2. The molecule has 2 aromatic carbocycles. The average molecular weight is 366 g/mol. The predicted molar refractivity (Wildman–Crippen MR) is 97.8 cm³/mol. The summed E-state index contributed by atoms with van der Waals surface area (Å²) < 4.78 is 0. The molecule has 0 spiro atoms. The number of benzene rings is 2. The number of carbonyl (C=O) groups excluding carboxylic acids is 2. The van der Waals surface area contributed by atoms with Gasteiger partial charge in [-0.05, 0) is 42.8 Å². The SMILES string of the molecule is CC(=O)Nc1cccc(C(C)NC(=O)Nc2cc(Cl)cc(Cl)c2)c1. The van der Waals surface area contributed by atoms with E-state index >= 15 is 0 Å². The first-order valence-corrected chi connectivity index (χ1v) is 8.00. The molecule has 0 aliphatic rings. The molecule has 7 heteroatoms. The fraction of sp³-hybridized carbons (Fsp3) is 0.176. The highest BCUT2D eigenvalue weighted by Crippen LogP contribution is 2.23. The van der Waals surface area contributed by atoms with Crippen LogP contribution in [0.4, 0.5) is 16.2 Å². The van der Waals surface area contributed by atoms with Crippen molar-refractivity contribution in [3.8, 4) is 0 Å². The fourth-order valence-corrected chi connectivity index (χ4v) is 2.69. The third-order valence-electron chi connectivity index (χ3n) is 3.18. The first-order chi connectivity index (χ1) is 11.3. The monoisotopic (exact) mass is 365 g/mol. The topological polar surface area (TPSA) is 70.2 Å². The maximum atomic E-state index is 12.1. The number of rotatable bonds is 4. The zero-order chi connectivity index (χ0) is 17.7. The molecule has 3 N–H and O–H groups in total. The highest BCUT2D eigenvalue weighted by atomic mass is 35.5. The molecule has 126 valence electrons. The number of hydrogen-bond donors (Lipinski definition) is 3. The third kappa shape index (κ3) is 5.44. The summed E-state index contributed by atoms with van der Waals surface area (Å²) in [5.74, 6) is -0.150. The largest absolute Gasteiger partial charge is 0.331 e. The Morgan fingerprint density at radius 2 is 1.62 bits per heavy atom. The Morgan fingerprint density at radius 1 is 0.958 bits per heavy atom. The molecule has 2 aromatic rings. The standard InChI is InChI=1S/C17H17Cl2N3O2/c1-10(12-4-3-5-15(6-12)21-11(2)23)20-17(24)22-16-8-13(18)7-14(19)9-16/h3-10H,1-2H3,(H,21,23)(H2,20,22,24). The van der Waals surface area contributed by atoms with Crippen molar-refractivity contribution in [2.45, 2.75) is 19.9 Å². The minimum Gasteiger partial charge on any atom is -0.331 e. The number of anilines is 2. The quantitative estimate of drug-likeness (QED) is 0.725. The van der Waals surface area contributed by atoms with Crippen molar-refractivity contribution in [3.05, 3.63) is 58.1 Å². The molecule has 0 bridgehead atoms. The molecule has 0 heterocycles. The molecule has 1 atom stereocenters. The Kier molecular flexibility index (Phi) is 6.06. The average Bonchev–Trinajstić information content (AvgIpc) is 2.45. The molecule has 0 aliphatic heterocycles. The van der Waals surface area contributed by atoms with Crippen LogP contribution in [-0.2, 0) is 4.79 Å². The number of nitrogens with one attached hydrogen (secondary N) is 3.